The number of rotatable bonds is 5. The summed E-state index contributed by atoms with van der Waals surface area (Å²) in [6.45, 7) is 0.637. The van der Waals surface area contributed by atoms with Crippen LogP contribution >= 0.6 is 0 Å². The zero-order chi connectivity index (χ0) is 19.7. The molecule has 1 aliphatic heterocycles. The highest BCUT2D eigenvalue weighted by Crippen LogP contribution is 2.32. The summed E-state index contributed by atoms with van der Waals surface area (Å²) < 4.78 is 6.12. The number of amides is 3. The van der Waals surface area contributed by atoms with Crippen molar-refractivity contribution >= 4 is 28.4 Å². The van der Waals surface area contributed by atoms with Crippen LogP contribution in [0.5, 0.6) is 11.5 Å². The van der Waals surface area contributed by atoms with Crippen LogP contribution in [0.2, 0.25) is 0 Å². The minimum atomic E-state index is -0.316. The van der Waals surface area contributed by atoms with Crippen molar-refractivity contribution in [3.8, 4) is 11.5 Å². The lowest BCUT2D eigenvalue weighted by atomic mass is 10.1. The number of hydrogen-bond donors (Lipinski definition) is 1. The summed E-state index contributed by atoms with van der Waals surface area (Å²) in [4.78, 5) is 27.1. The molecule has 0 bridgehead atoms. The number of fused-ring (bicyclic) bond motifs is 1. The fraction of sp³-hybridized carbons (Fsp3) is 0.182. The molecule has 0 radical (unpaired) electrons. The van der Waals surface area contributed by atoms with Crippen molar-refractivity contribution in [1.82, 2.24) is 10.2 Å². The zero-order valence-corrected chi connectivity index (χ0v) is 15.8. The predicted molar refractivity (Wildman–Crippen MR) is 109 cm³/mol. The Bertz CT molecular complexity index is 1060. The van der Waals surface area contributed by atoms with Crippen molar-refractivity contribution in [3.63, 3.8) is 0 Å². The van der Waals surface area contributed by atoms with Crippen LogP contribution < -0.4 is 15.0 Å². The minimum Gasteiger partial charge on any atom is -0.457 e. The largest absolute Gasteiger partial charge is 0.457 e. The molecule has 1 aliphatic rings. The van der Waals surface area contributed by atoms with Gasteiger partial charge in [0.15, 0.2) is 0 Å². The highest BCUT2D eigenvalue weighted by Gasteiger charge is 2.35. The van der Waals surface area contributed by atoms with E-state index in [4.69, 9.17) is 4.74 Å². The fourth-order valence-electron chi connectivity index (χ4n) is 3.36. The van der Waals surface area contributed by atoms with Gasteiger partial charge in [0, 0.05) is 19.2 Å². The second kappa shape index (κ2) is 7.32. The first kappa shape index (κ1) is 18.0. The molecule has 6 nitrogen and oxygen atoms in total. The molecule has 0 saturated carbocycles. The average Bonchev–Trinajstić information content (AvgIpc) is 2.95. The smallest absolute Gasteiger partial charge is 0.331 e. The van der Waals surface area contributed by atoms with Crippen LogP contribution in [-0.2, 0) is 11.3 Å². The van der Waals surface area contributed by atoms with Gasteiger partial charge in [-0.1, -0.05) is 30.3 Å². The molecular formula is C22H21N3O3. The van der Waals surface area contributed by atoms with Crippen molar-refractivity contribution in [3.05, 3.63) is 66.2 Å². The standard InChI is InChI=1S/C22H21N3O3/c1-23-13-17-11-18(25-21(26)14-24(2)22(25)27)8-10-20(17)28-19-9-7-15-5-3-4-6-16(15)12-19/h3-12,23H,13-14H2,1-2H3. The molecule has 1 saturated heterocycles. The van der Waals surface area contributed by atoms with Gasteiger partial charge in [-0.25, -0.2) is 9.69 Å². The molecule has 1 heterocycles. The Balaban J connectivity index is 1.66. The maximum atomic E-state index is 12.3. The lowest BCUT2D eigenvalue weighted by Crippen LogP contribution is -2.31. The van der Waals surface area contributed by atoms with Gasteiger partial charge < -0.3 is 15.0 Å². The van der Waals surface area contributed by atoms with Crippen molar-refractivity contribution in [1.29, 1.82) is 0 Å². The van der Waals surface area contributed by atoms with E-state index in [2.05, 4.69) is 11.4 Å². The molecule has 1 fully saturated rings. The van der Waals surface area contributed by atoms with E-state index in [1.165, 1.54) is 9.80 Å². The van der Waals surface area contributed by atoms with Crippen LogP contribution in [0.15, 0.2) is 60.7 Å². The monoisotopic (exact) mass is 375 g/mol. The molecule has 0 unspecified atom stereocenters. The molecule has 4 rings (SSSR count). The van der Waals surface area contributed by atoms with E-state index in [0.717, 1.165) is 22.1 Å². The summed E-state index contributed by atoms with van der Waals surface area (Å²) in [7, 11) is 3.46. The van der Waals surface area contributed by atoms with Gasteiger partial charge in [-0.3, -0.25) is 4.79 Å². The van der Waals surface area contributed by atoms with Gasteiger partial charge in [0.05, 0.1) is 5.69 Å². The first-order valence-electron chi connectivity index (χ1n) is 9.09. The van der Waals surface area contributed by atoms with E-state index in [1.807, 2.05) is 49.5 Å². The number of hydrogen-bond acceptors (Lipinski definition) is 4. The van der Waals surface area contributed by atoms with Crippen LogP contribution in [0.25, 0.3) is 10.8 Å². The molecule has 3 amide bonds. The predicted octanol–water partition coefficient (Wildman–Crippen LogP) is 3.75. The van der Waals surface area contributed by atoms with Crippen molar-refractivity contribution in [2.24, 2.45) is 0 Å². The Hall–Kier alpha value is -3.38. The normalized spacial score (nSPS) is 14.2. The fourth-order valence-corrected chi connectivity index (χ4v) is 3.36. The lowest BCUT2D eigenvalue weighted by Gasteiger charge is -2.18. The Labute approximate surface area is 163 Å². The number of nitrogens with one attached hydrogen (secondary N) is 1. The highest BCUT2D eigenvalue weighted by atomic mass is 16.5. The van der Waals surface area contributed by atoms with Crippen LogP contribution in [-0.4, -0.2) is 37.5 Å². The molecule has 1 N–H and O–H groups in total. The molecular weight excluding hydrogens is 354 g/mol. The summed E-state index contributed by atoms with van der Waals surface area (Å²) in [5.74, 6) is 1.18. The SMILES string of the molecule is CNCc1cc(N2C(=O)CN(C)C2=O)ccc1Oc1ccc2ccccc2c1. The van der Waals surface area contributed by atoms with Crippen LogP contribution in [0.3, 0.4) is 0 Å². The number of ether oxygens (including phenoxy) is 1. The highest BCUT2D eigenvalue weighted by molar-refractivity contribution is 6.19. The average molecular weight is 375 g/mol. The Kier molecular flexibility index (Phi) is 4.71. The number of carbonyl (C=O) groups excluding carboxylic acids is 2. The van der Waals surface area contributed by atoms with Gasteiger partial charge in [-0.05, 0) is 48.2 Å². The number of imide groups is 1. The summed E-state index contributed by atoms with van der Waals surface area (Å²) in [5, 5.41) is 5.36. The topological polar surface area (TPSA) is 61.9 Å². The van der Waals surface area contributed by atoms with Crippen molar-refractivity contribution in [2.45, 2.75) is 6.54 Å². The van der Waals surface area contributed by atoms with E-state index in [-0.39, 0.29) is 18.5 Å². The first-order valence-corrected chi connectivity index (χ1v) is 9.09. The summed E-state index contributed by atoms with van der Waals surface area (Å²) in [6.07, 6.45) is 0. The number of anilines is 1. The third-order valence-electron chi connectivity index (χ3n) is 4.76. The van der Waals surface area contributed by atoms with Gasteiger partial charge in [0.1, 0.15) is 18.0 Å². The maximum Gasteiger partial charge on any atom is 0.331 e. The molecule has 6 heteroatoms. The third kappa shape index (κ3) is 3.30. The van der Waals surface area contributed by atoms with Gasteiger partial charge in [0.2, 0.25) is 0 Å². The Morgan fingerprint density at radius 3 is 2.50 bits per heavy atom. The van der Waals surface area contributed by atoms with E-state index in [9.17, 15) is 9.59 Å². The second-order valence-corrected chi connectivity index (χ2v) is 6.80. The first-order chi connectivity index (χ1) is 13.6. The molecule has 0 aliphatic carbocycles. The number of carbonyl (C=O) groups is 2. The second-order valence-electron chi connectivity index (χ2n) is 6.80. The van der Waals surface area contributed by atoms with Gasteiger partial charge in [0.25, 0.3) is 5.91 Å². The van der Waals surface area contributed by atoms with Crippen LogP contribution in [0.4, 0.5) is 10.5 Å². The van der Waals surface area contributed by atoms with E-state index in [1.54, 1.807) is 19.2 Å². The van der Waals surface area contributed by atoms with Crippen LogP contribution in [0, 0.1) is 0 Å². The molecule has 3 aromatic rings. The van der Waals surface area contributed by atoms with Gasteiger partial charge >= 0.3 is 6.03 Å². The lowest BCUT2D eigenvalue weighted by molar-refractivity contribution is -0.116. The molecule has 0 atom stereocenters. The van der Waals surface area contributed by atoms with Crippen molar-refractivity contribution < 1.29 is 14.3 Å². The zero-order valence-electron chi connectivity index (χ0n) is 15.8. The molecule has 0 aromatic heterocycles. The van der Waals surface area contributed by atoms with Crippen molar-refractivity contribution in [2.75, 3.05) is 25.5 Å². The summed E-state index contributed by atoms with van der Waals surface area (Å²) in [5.41, 5.74) is 1.42. The molecule has 3 aromatic carbocycles. The summed E-state index contributed by atoms with van der Waals surface area (Å²) in [6, 6.07) is 19.1. The number of urea groups is 1. The van der Waals surface area contributed by atoms with E-state index >= 15 is 0 Å². The molecule has 28 heavy (non-hydrogen) atoms. The van der Waals surface area contributed by atoms with Gasteiger partial charge in [-0.15, -0.1) is 0 Å². The number of benzene rings is 3. The number of likely N-dealkylation sites (N-methyl/N-ethyl adjacent to an activating group) is 1. The summed E-state index contributed by atoms with van der Waals surface area (Å²) >= 11 is 0. The maximum absolute atomic E-state index is 12.3. The quantitative estimate of drug-likeness (QED) is 0.690. The third-order valence-corrected chi connectivity index (χ3v) is 4.76. The van der Waals surface area contributed by atoms with E-state index in [0.29, 0.717) is 18.0 Å². The Morgan fingerprint density at radius 1 is 1.00 bits per heavy atom. The molecule has 142 valence electrons. The Morgan fingerprint density at radius 2 is 1.79 bits per heavy atom. The molecule has 0 spiro atoms. The van der Waals surface area contributed by atoms with E-state index < -0.39 is 0 Å². The number of nitrogens with zero attached hydrogens (tertiary/aromatic N) is 2. The minimum absolute atomic E-state index is 0.0928. The van der Waals surface area contributed by atoms with Gasteiger partial charge in [-0.2, -0.15) is 0 Å². The van der Waals surface area contributed by atoms with Crippen LogP contribution in [0.1, 0.15) is 5.56 Å².